The van der Waals surface area contributed by atoms with Gasteiger partial charge < -0.3 is 15.4 Å². The van der Waals surface area contributed by atoms with Crippen molar-refractivity contribution >= 4 is 23.2 Å². The smallest absolute Gasteiger partial charge is 0.239 e. The summed E-state index contributed by atoms with van der Waals surface area (Å²) in [6.07, 6.45) is 0. The van der Waals surface area contributed by atoms with E-state index in [1.54, 1.807) is 27.0 Å². The molecule has 0 unspecified atom stereocenters. The number of methoxy groups -OCH3 is 1. The minimum atomic E-state index is -1.26. The van der Waals surface area contributed by atoms with Crippen LogP contribution in [0.5, 0.6) is 5.75 Å². The van der Waals surface area contributed by atoms with Crippen LogP contribution >= 0.6 is 0 Å². The molecule has 0 aliphatic rings. The predicted octanol–water partition coefficient (Wildman–Crippen LogP) is 4.22. The third kappa shape index (κ3) is 4.23. The summed E-state index contributed by atoms with van der Waals surface area (Å²) >= 11 is 0. The Hall–Kier alpha value is -2.82. The Labute approximate surface area is 154 Å². The molecule has 0 aliphatic heterocycles. The molecule has 5 heteroatoms. The minimum Gasteiger partial charge on any atom is -0.495 e. The van der Waals surface area contributed by atoms with Gasteiger partial charge in [0.25, 0.3) is 0 Å². The SMILES string of the molecule is COc1ccc(C)cc1NC(=O)C(C)(C)C(=O)Nc1ccc(C)cc1C. The Morgan fingerprint density at radius 3 is 1.96 bits per heavy atom. The second-order valence-corrected chi connectivity index (χ2v) is 7.06. The monoisotopic (exact) mass is 354 g/mol. The summed E-state index contributed by atoms with van der Waals surface area (Å²) in [6.45, 7) is 9.04. The average molecular weight is 354 g/mol. The summed E-state index contributed by atoms with van der Waals surface area (Å²) in [5.74, 6) is -0.216. The van der Waals surface area contributed by atoms with Gasteiger partial charge in [0.2, 0.25) is 11.8 Å². The zero-order valence-corrected chi connectivity index (χ0v) is 16.2. The summed E-state index contributed by atoms with van der Waals surface area (Å²) in [4.78, 5) is 25.5. The van der Waals surface area contributed by atoms with Crippen LogP contribution in [0.15, 0.2) is 36.4 Å². The van der Waals surface area contributed by atoms with Gasteiger partial charge in [-0.15, -0.1) is 0 Å². The second kappa shape index (κ2) is 7.60. The van der Waals surface area contributed by atoms with Crippen LogP contribution in [0.4, 0.5) is 11.4 Å². The van der Waals surface area contributed by atoms with E-state index in [2.05, 4.69) is 10.6 Å². The van der Waals surface area contributed by atoms with E-state index >= 15 is 0 Å². The fourth-order valence-corrected chi connectivity index (χ4v) is 2.53. The zero-order valence-electron chi connectivity index (χ0n) is 16.2. The van der Waals surface area contributed by atoms with Gasteiger partial charge in [-0.3, -0.25) is 9.59 Å². The second-order valence-electron chi connectivity index (χ2n) is 7.06. The van der Waals surface area contributed by atoms with Crippen LogP contribution in [0.1, 0.15) is 30.5 Å². The largest absolute Gasteiger partial charge is 0.495 e. The number of hydrogen-bond acceptors (Lipinski definition) is 3. The molecule has 2 aromatic carbocycles. The van der Waals surface area contributed by atoms with E-state index in [0.29, 0.717) is 17.1 Å². The number of carbonyl (C=O) groups is 2. The highest BCUT2D eigenvalue weighted by atomic mass is 16.5. The molecule has 0 atom stereocenters. The van der Waals surface area contributed by atoms with Crippen molar-refractivity contribution < 1.29 is 14.3 Å². The van der Waals surface area contributed by atoms with Crippen molar-refractivity contribution in [3.8, 4) is 5.75 Å². The molecule has 2 amide bonds. The molecule has 0 aromatic heterocycles. The van der Waals surface area contributed by atoms with Gasteiger partial charge in [0.1, 0.15) is 11.2 Å². The van der Waals surface area contributed by atoms with Gasteiger partial charge in [0, 0.05) is 5.69 Å². The molecule has 2 aromatic rings. The molecular formula is C21H26N2O3. The van der Waals surface area contributed by atoms with Gasteiger partial charge in [-0.05, 0) is 63.9 Å². The lowest BCUT2D eigenvalue weighted by atomic mass is 9.90. The molecular weight excluding hydrogens is 328 g/mol. The zero-order chi connectivity index (χ0) is 19.5. The quantitative estimate of drug-likeness (QED) is 0.790. The molecule has 0 spiro atoms. The highest BCUT2D eigenvalue weighted by Gasteiger charge is 2.36. The highest BCUT2D eigenvalue weighted by Crippen LogP contribution is 2.28. The number of ether oxygens (including phenoxy) is 1. The Kier molecular flexibility index (Phi) is 5.70. The number of benzene rings is 2. The third-order valence-corrected chi connectivity index (χ3v) is 4.37. The van der Waals surface area contributed by atoms with Gasteiger partial charge in [0.15, 0.2) is 0 Å². The van der Waals surface area contributed by atoms with Crippen LogP contribution < -0.4 is 15.4 Å². The van der Waals surface area contributed by atoms with Gasteiger partial charge in [-0.1, -0.05) is 23.8 Å². The number of aryl methyl sites for hydroxylation is 3. The molecule has 5 nitrogen and oxygen atoms in total. The highest BCUT2D eigenvalue weighted by molar-refractivity contribution is 6.14. The number of amides is 2. The summed E-state index contributed by atoms with van der Waals surface area (Å²) in [6, 6.07) is 11.3. The first kappa shape index (κ1) is 19.5. The molecule has 2 N–H and O–H groups in total. The maximum Gasteiger partial charge on any atom is 0.239 e. The molecule has 0 saturated heterocycles. The maximum atomic E-state index is 12.8. The minimum absolute atomic E-state index is 0.367. The summed E-state index contributed by atoms with van der Waals surface area (Å²) in [5, 5.41) is 5.66. The summed E-state index contributed by atoms with van der Waals surface area (Å²) < 4.78 is 5.28. The molecule has 0 heterocycles. The first-order valence-electron chi connectivity index (χ1n) is 8.50. The van der Waals surface area contributed by atoms with Crippen LogP contribution in [0.2, 0.25) is 0 Å². The van der Waals surface area contributed by atoms with Crippen LogP contribution in [0.3, 0.4) is 0 Å². The van der Waals surface area contributed by atoms with Crippen molar-refractivity contribution in [1.29, 1.82) is 0 Å². The fraction of sp³-hybridized carbons (Fsp3) is 0.333. The Morgan fingerprint density at radius 2 is 1.38 bits per heavy atom. The predicted molar refractivity (Wildman–Crippen MR) is 105 cm³/mol. The van der Waals surface area contributed by atoms with E-state index in [0.717, 1.165) is 16.7 Å². The molecule has 26 heavy (non-hydrogen) atoms. The van der Waals surface area contributed by atoms with Crippen molar-refractivity contribution in [1.82, 2.24) is 0 Å². The third-order valence-electron chi connectivity index (χ3n) is 4.37. The van der Waals surface area contributed by atoms with E-state index < -0.39 is 11.3 Å². The molecule has 0 aliphatic carbocycles. The van der Waals surface area contributed by atoms with Crippen LogP contribution in [0.25, 0.3) is 0 Å². The van der Waals surface area contributed by atoms with E-state index in [9.17, 15) is 9.59 Å². The number of nitrogens with one attached hydrogen (secondary N) is 2. The summed E-state index contributed by atoms with van der Waals surface area (Å²) in [5.41, 5.74) is 3.05. The van der Waals surface area contributed by atoms with Crippen LogP contribution in [-0.4, -0.2) is 18.9 Å². The number of anilines is 2. The van der Waals surface area contributed by atoms with Gasteiger partial charge in [0.05, 0.1) is 12.8 Å². The molecule has 0 radical (unpaired) electrons. The van der Waals surface area contributed by atoms with E-state index in [1.807, 2.05) is 51.1 Å². The van der Waals surface area contributed by atoms with E-state index in [4.69, 9.17) is 4.74 Å². The van der Waals surface area contributed by atoms with Gasteiger partial charge in [-0.2, -0.15) is 0 Å². The maximum absolute atomic E-state index is 12.8. The topological polar surface area (TPSA) is 67.4 Å². The number of hydrogen-bond donors (Lipinski definition) is 2. The molecule has 138 valence electrons. The van der Waals surface area contributed by atoms with Gasteiger partial charge >= 0.3 is 0 Å². The lowest BCUT2D eigenvalue weighted by Crippen LogP contribution is -2.41. The van der Waals surface area contributed by atoms with Crippen molar-refractivity contribution in [3.05, 3.63) is 53.1 Å². The Bertz CT molecular complexity index is 841. The van der Waals surface area contributed by atoms with Crippen molar-refractivity contribution in [2.45, 2.75) is 34.6 Å². The fourth-order valence-electron chi connectivity index (χ4n) is 2.53. The van der Waals surface area contributed by atoms with Crippen LogP contribution in [0, 0.1) is 26.2 Å². The first-order valence-corrected chi connectivity index (χ1v) is 8.50. The van der Waals surface area contributed by atoms with Crippen molar-refractivity contribution in [2.24, 2.45) is 5.41 Å². The lowest BCUT2D eigenvalue weighted by molar-refractivity contribution is -0.135. The van der Waals surface area contributed by atoms with Crippen molar-refractivity contribution in [2.75, 3.05) is 17.7 Å². The number of rotatable bonds is 5. The Balaban J connectivity index is 2.19. The number of carbonyl (C=O) groups excluding carboxylic acids is 2. The average Bonchev–Trinajstić information content (AvgIpc) is 2.57. The normalized spacial score (nSPS) is 11.0. The molecule has 2 rings (SSSR count). The molecule has 0 bridgehead atoms. The molecule has 0 saturated carbocycles. The molecule has 0 fully saturated rings. The standard InChI is InChI=1S/C21H26N2O3/c1-13-7-9-16(15(3)11-13)22-19(24)21(4,5)20(25)23-17-12-14(2)8-10-18(17)26-6/h7-12H,1-6H3,(H,22,24)(H,23,25). The van der Waals surface area contributed by atoms with Gasteiger partial charge in [-0.25, -0.2) is 0 Å². The van der Waals surface area contributed by atoms with Crippen LogP contribution in [-0.2, 0) is 9.59 Å². The summed E-state index contributed by atoms with van der Waals surface area (Å²) in [7, 11) is 1.54. The van der Waals surface area contributed by atoms with E-state index in [-0.39, 0.29) is 5.91 Å². The Morgan fingerprint density at radius 1 is 0.846 bits per heavy atom. The lowest BCUT2D eigenvalue weighted by Gasteiger charge is -2.24. The van der Waals surface area contributed by atoms with E-state index in [1.165, 1.54) is 0 Å². The van der Waals surface area contributed by atoms with Crippen molar-refractivity contribution in [3.63, 3.8) is 0 Å². The first-order chi connectivity index (χ1) is 12.1.